The van der Waals surface area contributed by atoms with E-state index in [-0.39, 0.29) is 18.9 Å². The molecule has 0 spiro atoms. The zero-order valence-corrected chi connectivity index (χ0v) is 46.2. The first-order valence-corrected chi connectivity index (χ1v) is 26.2. The molecule has 0 radical (unpaired) electrons. The van der Waals surface area contributed by atoms with Crippen LogP contribution >= 0.6 is 0 Å². The van der Waals surface area contributed by atoms with Crippen LogP contribution in [-0.4, -0.2) is 46.7 Å². The maximum Gasteiger partial charge on any atom is 0.217 e. The molecule has 4 bridgehead atoms. The molecular weight excluding hydrogens is 745 g/mol. The second-order valence-electron chi connectivity index (χ2n) is 23.6. The fourth-order valence-corrected chi connectivity index (χ4v) is 10.3. The third kappa shape index (κ3) is 33.5. The van der Waals surface area contributed by atoms with Crippen LogP contribution in [-0.2, 0) is 4.79 Å². The Balaban J connectivity index is -0.000000335. The van der Waals surface area contributed by atoms with Gasteiger partial charge in [-0.3, -0.25) is 4.79 Å². The van der Waals surface area contributed by atoms with Crippen LogP contribution in [0.25, 0.3) is 0 Å². The fraction of sp³-hybridized carbons (Fsp3) is 0.982. The molecule has 1 amide bonds. The molecule has 6 aliphatic carbocycles. The Morgan fingerprint density at radius 3 is 1.26 bits per heavy atom. The van der Waals surface area contributed by atoms with Crippen molar-refractivity contribution in [1.82, 2.24) is 21.3 Å². The molecule has 372 valence electrons. The van der Waals surface area contributed by atoms with Gasteiger partial charge < -0.3 is 21.3 Å². The van der Waals surface area contributed by atoms with E-state index in [9.17, 15) is 4.79 Å². The van der Waals surface area contributed by atoms with Crippen molar-refractivity contribution in [2.75, 3.05) is 0 Å². The lowest BCUT2D eigenvalue weighted by atomic mass is 9.67. The third-order valence-electron chi connectivity index (χ3n) is 12.2. The van der Waals surface area contributed by atoms with E-state index >= 15 is 0 Å². The minimum absolute atomic E-state index is 0. The van der Waals surface area contributed by atoms with E-state index in [1.807, 2.05) is 55.4 Å². The summed E-state index contributed by atoms with van der Waals surface area (Å²) < 4.78 is 0. The van der Waals surface area contributed by atoms with Crippen LogP contribution in [0, 0.1) is 40.4 Å². The number of rotatable bonds is 6. The molecule has 0 aromatic rings. The fourth-order valence-electron chi connectivity index (χ4n) is 10.3. The minimum atomic E-state index is 0. The van der Waals surface area contributed by atoms with Crippen LogP contribution in [0.1, 0.15) is 277 Å². The van der Waals surface area contributed by atoms with Gasteiger partial charge in [-0.05, 0) is 167 Å². The highest BCUT2D eigenvalue weighted by atomic mass is 16.1. The Morgan fingerprint density at radius 1 is 0.541 bits per heavy atom. The number of amides is 1. The van der Waals surface area contributed by atoms with Gasteiger partial charge in [-0.15, -0.1) is 0 Å². The van der Waals surface area contributed by atoms with Crippen LogP contribution < -0.4 is 21.3 Å². The number of carbonyl (C=O) groups is 1. The first-order valence-electron chi connectivity index (χ1n) is 26.2. The number of fused-ring (bicyclic) bond motifs is 5. The summed E-state index contributed by atoms with van der Waals surface area (Å²) in [5.41, 5.74) is 1.63. The van der Waals surface area contributed by atoms with E-state index in [4.69, 9.17) is 0 Å². The van der Waals surface area contributed by atoms with Gasteiger partial charge in [-0.25, -0.2) is 0 Å². The molecule has 61 heavy (non-hydrogen) atoms. The maximum atomic E-state index is 11.0. The summed E-state index contributed by atoms with van der Waals surface area (Å²) in [5, 5.41) is 14.2. The lowest BCUT2D eigenvalue weighted by Gasteiger charge is -2.45. The van der Waals surface area contributed by atoms with Crippen molar-refractivity contribution in [1.29, 1.82) is 0 Å². The van der Waals surface area contributed by atoms with E-state index in [1.165, 1.54) is 96.3 Å². The molecule has 6 saturated carbocycles. The number of hydrogen-bond donors (Lipinski definition) is 4. The lowest BCUT2D eigenvalue weighted by Crippen LogP contribution is -2.51. The normalized spacial score (nSPS) is 26.8. The standard InChI is InChI=1S/C13H25NO.C12H23N.C11H21N.C11H25N.4C2H6.CH4/c1-10(15)14-12-7-5-6-11(8-12)9-13(2,3)4;1-12(2,3)13-11-8-9-4-6-10(11)7-5-9;1-11(2,3)12-10-7-8-4-5-9(10)6-8;1-8-9(10(2,3)4)12-11(5,6)7;4*1-2;/h11-12H,5-9H2,1-4H3,(H,14,15);9-11,13H,4-8H2,1-3H3;8-10,12H,4-7H2,1-3H3;9,12H,8H2,1-7H3;4*1-2H3;1H4. The molecule has 6 fully saturated rings. The predicted molar refractivity (Wildman–Crippen MR) is 281 cm³/mol. The molecule has 0 aliphatic heterocycles. The molecule has 0 heterocycles. The third-order valence-corrected chi connectivity index (χ3v) is 12.2. The summed E-state index contributed by atoms with van der Waals surface area (Å²) in [7, 11) is 0. The van der Waals surface area contributed by atoms with Gasteiger partial charge in [0.05, 0.1) is 0 Å². The summed E-state index contributed by atoms with van der Waals surface area (Å²) in [6, 6.07) is 2.71. The largest absolute Gasteiger partial charge is 0.354 e. The lowest BCUT2D eigenvalue weighted by molar-refractivity contribution is -0.120. The molecule has 7 unspecified atom stereocenters. The Labute approximate surface area is 388 Å². The van der Waals surface area contributed by atoms with Crippen molar-refractivity contribution in [3.63, 3.8) is 0 Å². The Bertz CT molecular complexity index is 1010. The van der Waals surface area contributed by atoms with E-state index in [1.54, 1.807) is 6.92 Å². The second kappa shape index (κ2) is 32.9. The number of nitrogens with one attached hydrogen (secondary N) is 4. The van der Waals surface area contributed by atoms with E-state index < -0.39 is 0 Å². The summed E-state index contributed by atoms with van der Waals surface area (Å²) >= 11 is 0. The van der Waals surface area contributed by atoms with Crippen LogP contribution in [0.4, 0.5) is 0 Å². The Kier molecular flexibility index (Phi) is 36.1. The quantitative estimate of drug-likeness (QED) is 0.215. The van der Waals surface area contributed by atoms with Gasteiger partial charge in [-0.2, -0.15) is 0 Å². The number of hydrogen-bond acceptors (Lipinski definition) is 4. The Hall–Kier alpha value is -0.650. The second-order valence-corrected chi connectivity index (χ2v) is 23.6. The topological polar surface area (TPSA) is 65.2 Å². The molecule has 4 N–H and O–H groups in total. The number of carbonyl (C=O) groups excluding carboxylic acids is 1. The monoisotopic (exact) mass is 867 g/mol. The van der Waals surface area contributed by atoms with Crippen LogP contribution in [0.5, 0.6) is 0 Å². The van der Waals surface area contributed by atoms with Crippen molar-refractivity contribution < 1.29 is 4.79 Å². The summed E-state index contributed by atoms with van der Waals surface area (Å²) in [6.07, 6.45) is 20.8. The van der Waals surface area contributed by atoms with E-state index in [0.717, 1.165) is 41.7 Å². The maximum absolute atomic E-state index is 11.0. The van der Waals surface area contributed by atoms with Crippen LogP contribution in [0.15, 0.2) is 0 Å². The molecule has 6 aliphatic rings. The zero-order valence-electron chi connectivity index (χ0n) is 46.2. The predicted octanol–water partition coefficient (Wildman–Crippen LogP) is 16.6. The minimum Gasteiger partial charge on any atom is -0.354 e. The van der Waals surface area contributed by atoms with Crippen molar-refractivity contribution in [3.8, 4) is 0 Å². The highest BCUT2D eigenvalue weighted by Crippen LogP contribution is 2.45. The summed E-state index contributed by atoms with van der Waals surface area (Å²) in [6.45, 7) is 54.0. The van der Waals surface area contributed by atoms with Crippen molar-refractivity contribution in [2.24, 2.45) is 40.4 Å². The first-order chi connectivity index (χ1) is 27.6. The molecule has 6 rings (SSSR count). The molecule has 5 nitrogen and oxygen atoms in total. The van der Waals surface area contributed by atoms with E-state index in [0.29, 0.717) is 34.0 Å². The highest BCUT2D eigenvalue weighted by molar-refractivity contribution is 5.73. The molecule has 0 aromatic carbocycles. The zero-order chi connectivity index (χ0) is 47.7. The smallest absolute Gasteiger partial charge is 0.217 e. The molecule has 5 heteroatoms. The van der Waals surface area contributed by atoms with Crippen molar-refractivity contribution in [2.45, 2.75) is 318 Å². The van der Waals surface area contributed by atoms with Gasteiger partial charge in [0.1, 0.15) is 0 Å². The van der Waals surface area contributed by atoms with Gasteiger partial charge in [0.25, 0.3) is 0 Å². The van der Waals surface area contributed by atoms with Crippen molar-refractivity contribution >= 4 is 5.91 Å². The van der Waals surface area contributed by atoms with Gasteiger partial charge >= 0.3 is 0 Å². The van der Waals surface area contributed by atoms with Gasteiger partial charge in [0.15, 0.2) is 0 Å². The SMILES string of the molecule is C.CC.CC.CC.CC.CC(=O)NC1CCCC(CC(C)(C)C)C1.CC(C)(C)NC1CC2CCC1C2.CC(C)(C)NC1CC2CCC1CC2.CCC(NC(C)(C)C)C(C)(C)C. The van der Waals surface area contributed by atoms with Gasteiger partial charge in [0.2, 0.25) is 5.91 Å². The van der Waals surface area contributed by atoms with Gasteiger partial charge in [0, 0.05) is 47.7 Å². The summed E-state index contributed by atoms with van der Waals surface area (Å²) in [5.74, 6) is 5.03. The Morgan fingerprint density at radius 2 is 0.967 bits per heavy atom. The van der Waals surface area contributed by atoms with Crippen LogP contribution in [0.3, 0.4) is 0 Å². The average molecular weight is 868 g/mol. The van der Waals surface area contributed by atoms with Crippen molar-refractivity contribution in [3.05, 3.63) is 0 Å². The van der Waals surface area contributed by atoms with E-state index in [2.05, 4.69) is 132 Å². The van der Waals surface area contributed by atoms with Gasteiger partial charge in [-0.1, -0.05) is 143 Å². The molecular formula is C56H122N4O. The van der Waals surface area contributed by atoms with Crippen LogP contribution in [0.2, 0.25) is 0 Å². The molecule has 0 saturated heterocycles. The first kappa shape index (κ1) is 66.9. The average Bonchev–Trinajstić information content (AvgIpc) is 3.76. The molecule has 0 aromatic heterocycles. The molecule has 7 atom stereocenters. The highest BCUT2D eigenvalue weighted by Gasteiger charge is 2.40. The summed E-state index contributed by atoms with van der Waals surface area (Å²) in [4.78, 5) is 11.0.